The summed E-state index contributed by atoms with van der Waals surface area (Å²) >= 11 is 6.87. The molecule has 0 bridgehead atoms. The van der Waals surface area contributed by atoms with Gasteiger partial charge in [-0.2, -0.15) is 0 Å². The highest BCUT2D eigenvalue weighted by Crippen LogP contribution is 2.46. The van der Waals surface area contributed by atoms with E-state index in [2.05, 4.69) is 5.32 Å². The number of likely N-dealkylation sites (N-methyl/N-ethyl adjacent to an activating group) is 1. The minimum atomic E-state index is -0.632. The first-order valence-corrected chi connectivity index (χ1v) is 14.0. The molecule has 2 atom stereocenters. The highest BCUT2D eigenvalue weighted by atomic mass is 35.5. The number of aromatic nitrogens is 1. The highest BCUT2D eigenvalue weighted by Gasteiger charge is 2.46. The average Bonchev–Trinajstić information content (AvgIpc) is 3.12. The summed E-state index contributed by atoms with van der Waals surface area (Å²) in [6, 6.07) is 5.88. The van der Waals surface area contributed by atoms with E-state index in [0.29, 0.717) is 38.4 Å². The Morgan fingerprint density at radius 3 is 2.73 bits per heavy atom. The van der Waals surface area contributed by atoms with Crippen LogP contribution < -0.4 is 15.0 Å². The van der Waals surface area contributed by atoms with Crippen molar-refractivity contribution in [1.29, 1.82) is 0 Å². The van der Waals surface area contributed by atoms with Crippen molar-refractivity contribution in [3.05, 3.63) is 40.7 Å². The summed E-state index contributed by atoms with van der Waals surface area (Å²) in [6.45, 7) is 12.0. The Labute approximate surface area is 239 Å². The second kappa shape index (κ2) is 10.4. The second-order valence-electron chi connectivity index (χ2n) is 12.3. The van der Waals surface area contributed by atoms with E-state index in [1.54, 1.807) is 35.0 Å². The first kappa shape index (κ1) is 28.4. The number of rotatable bonds is 3. The van der Waals surface area contributed by atoms with Gasteiger partial charge in [0.2, 0.25) is 0 Å². The zero-order chi connectivity index (χ0) is 29.0. The molecule has 216 valence electrons. The molecule has 0 spiro atoms. The number of fused-ring (bicyclic) bond motifs is 2. The van der Waals surface area contributed by atoms with E-state index in [4.69, 9.17) is 26.1 Å². The molecule has 3 aliphatic rings. The molecule has 2 amide bonds. The lowest BCUT2D eigenvalue weighted by Crippen LogP contribution is -2.55. The summed E-state index contributed by atoms with van der Waals surface area (Å²) < 4.78 is 26.9. The lowest BCUT2D eigenvalue weighted by Gasteiger charge is -2.36. The van der Waals surface area contributed by atoms with Gasteiger partial charge in [-0.25, -0.2) is 14.2 Å². The zero-order valence-corrected chi connectivity index (χ0v) is 24.6. The van der Waals surface area contributed by atoms with Crippen molar-refractivity contribution in [3.63, 3.8) is 0 Å². The van der Waals surface area contributed by atoms with Crippen LogP contribution in [0.4, 0.5) is 15.0 Å². The fourth-order valence-corrected chi connectivity index (χ4v) is 6.00. The number of nitrogens with one attached hydrogen (secondary N) is 1. The summed E-state index contributed by atoms with van der Waals surface area (Å²) in [7, 11) is 1.72. The summed E-state index contributed by atoms with van der Waals surface area (Å²) in [5.41, 5.74) is -0.456. The van der Waals surface area contributed by atoms with Crippen LogP contribution in [0.25, 0.3) is 11.3 Å². The third-order valence-electron chi connectivity index (χ3n) is 7.79. The molecule has 3 aliphatic heterocycles. The zero-order valence-electron chi connectivity index (χ0n) is 23.9. The van der Waals surface area contributed by atoms with Gasteiger partial charge in [-0.05, 0) is 53.2 Å². The molecule has 0 radical (unpaired) electrons. The SMILES string of the molecule is CN(C(=O)OC(C)(C)C)C1CN(c2nc(-c3ccccc3F)c(Cl)c3c2C(=O)N2CCNC[C@@H]2CO3)C(C)(C)C1. The van der Waals surface area contributed by atoms with Crippen LogP contribution in [0, 0.1) is 5.82 Å². The van der Waals surface area contributed by atoms with Gasteiger partial charge in [-0.15, -0.1) is 0 Å². The second-order valence-corrected chi connectivity index (χ2v) is 12.7. The Bertz CT molecular complexity index is 1330. The monoisotopic (exact) mass is 573 g/mol. The summed E-state index contributed by atoms with van der Waals surface area (Å²) in [5, 5.41) is 3.42. The van der Waals surface area contributed by atoms with Crippen molar-refractivity contribution >= 4 is 29.4 Å². The Morgan fingerprint density at radius 1 is 1.30 bits per heavy atom. The van der Waals surface area contributed by atoms with Crippen molar-refractivity contribution in [1.82, 2.24) is 20.1 Å². The first-order chi connectivity index (χ1) is 18.8. The Kier molecular flexibility index (Phi) is 7.37. The first-order valence-electron chi connectivity index (χ1n) is 13.6. The van der Waals surface area contributed by atoms with Crippen molar-refractivity contribution in [3.8, 4) is 17.0 Å². The van der Waals surface area contributed by atoms with Crippen LogP contribution in [-0.2, 0) is 4.74 Å². The standard InChI is InChI=1S/C29H37ClFN5O4/c1-28(2,3)40-27(38)34(6)17-13-29(4,5)36(15-17)25-21-24(39-16-18-14-32-11-12-35(18)26(21)37)22(30)23(33-25)19-9-7-8-10-20(19)31/h7-10,17-18,32H,11-16H2,1-6H3/t17?,18-/m1/s1. The van der Waals surface area contributed by atoms with Crippen LogP contribution in [-0.4, -0.2) is 89.8 Å². The molecule has 40 heavy (non-hydrogen) atoms. The third kappa shape index (κ3) is 5.19. The highest BCUT2D eigenvalue weighted by molar-refractivity contribution is 6.35. The number of hydrogen-bond acceptors (Lipinski definition) is 7. The largest absolute Gasteiger partial charge is 0.489 e. The molecular weight excluding hydrogens is 537 g/mol. The smallest absolute Gasteiger partial charge is 0.410 e. The normalized spacial score (nSPS) is 22.2. The van der Waals surface area contributed by atoms with Gasteiger partial charge < -0.3 is 29.5 Å². The van der Waals surface area contributed by atoms with Crippen LogP contribution in [0.3, 0.4) is 0 Å². The van der Waals surface area contributed by atoms with Gasteiger partial charge in [0.15, 0.2) is 5.75 Å². The minimum absolute atomic E-state index is 0.101. The molecule has 2 fully saturated rings. The van der Waals surface area contributed by atoms with Gasteiger partial charge in [0.05, 0.1) is 17.8 Å². The maximum atomic E-state index is 15.0. The van der Waals surface area contributed by atoms with E-state index in [-0.39, 0.29) is 52.2 Å². The van der Waals surface area contributed by atoms with E-state index in [9.17, 15) is 9.59 Å². The molecule has 4 heterocycles. The summed E-state index contributed by atoms with van der Waals surface area (Å²) in [4.78, 5) is 37.4. The topological polar surface area (TPSA) is 87.2 Å². The van der Waals surface area contributed by atoms with Gasteiger partial charge in [0.1, 0.15) is 34.4 Å². The maximum absolute atomic E-state index is 15.0. The van der Waals surface area contributed by atoms with E-state index in [1.807, 2.05) is 39.5 Å². The number of piperazine rings is 1. The van der Waals surface area contributed by atoms with Gasteiger partial charge >= 0.3 is 6.09 Å². The van der Waals surface area contributed by atoms with E-state index >= 15 is 4.39 Å². The molecule has 2 saturated heterocycles. The molecule has 2 aromatic rings. The Morgan fingerprint density at radius 2 is 2.02 bits per heavy atom. The van der Waals surface area contributed by atoms with Crippen molar-refractivity contribution < 1.29 is 23.5 Å². The molecule has 1 N–H and O–H groups in total. The molecule has 1 unspecified atom stereocenters. The molecule has 1 aromatic carbocycles. The predicted molar refractivity (Wildman–Crippen MR) is 152 cm³/mol. The van der Waals surface area contributed by atoms with Gasteiger partial charge in [-0.3, -0.25) is 4.79 Å². The van der Waals surface area contributed by atoms with Crippen LogP contribution in [0.15, 0.2) is 24.3 Å². The molecule has 11 heteroatoms. The van der Waals surface area contributed by atoms with E-state index < -0.39 is 23.1 Å². The van der Waals surface area contributed by atoms with Crippen LogP contribution in [0.5, 0.6) is 5.75 Å². The molecule has 1 aromatic heterocycles. The summed E-state index contributed by atoms with van der Waals surface area (Å²) in [6.07, 6.45) is 0.176. The Hall–Kier alpha value is -3.11. The number of hydrogen-bond donors (Lipinski definition) is 1. The lowest BCUT2D eigenvalue weighted by atomic mass is 9.99. The van der Waals surface area contributed by atoms with Gasteiger partial charge in [0.25, 0.3) is 5.91 Å². The molecule has 9 nitrogen and oxygen atoms in total. The van der Waals surface area contributed by atoms with Crippen molar-refractivity contribution in [2.75, 3.05) is 44.7 Å². The van der Waals surface area contributed by atoms with Gasteiger partial charge in [-0.1, -0.05) is 23.7 Å². The van der Waals surface area contributed by atoms with Crippen LogP contribution >= 0.6 is 11.6 Å². The number of ether oxygens (including phenoxy) is 2. The van der Waals surface area contributed by atoms with E-state index in [0.717, 1.165) is 0 Å². The van der Waals surface area contributed by atoms with Gasteiger partial charge in [0, 0.05) is 44.3 Å². The number of carbonyl (C=O) groups is 2. The molecule has 0 saturated carbocycles. The quantitative estimate of drug-likeness (QED) is 0.575. The molecule has 0 aliphatic carbocycles. The van der Waals surface area contributed by atoms with Crippen molar-refractivity contribution in [2.24, 2.45) is 0 Å². The van der Waals surface area contributed by atoms with Crippen LogP contribution in [0.1, 0.15) is 51.4 Å². The third-order valence-corrected chi connectivity index (χ3v) is 8.14. The number of benzene rings is 1. The van der Waals surface area contributed by atoms with Crippen LogP contribution in [0.2, 0.25) is 5.02 Å². The number of anilines is 1. The van der Waals surface area contributed by atoms with E-state index in [1.165, 1.54) is 6.07 Å². The number of halogens is 2. The minimum Gasteiger partial charge on any atom is -0.489 e. The maximum Gasteiger partial charge on any atom is 0.410 e. The predicted octanol–water partition coefficient (Wildman–Crippen LogP) is 4.57. The molecular formula is C29H37ClFN5O4. The van der Waals surface area contributed by atoms with Crippen molar-refractivity contribution in [2.45, 2.75) is 64.3 Å². The fourth-order valence-electron chi connectivity index (χ4n) is 5.71. The number of carbonyl (C=O) groups excluding carboxylic acids is 2. The average molecular weight is 574 g/mol. The molecule has 5 rings (SSSR count). The number of nitrogens with zero attached hydrogens (tertiary/aromatic N) is 4. The summed E-state index contributed by atoms with van der Waals surface area (Å²) in [5.74, 6) is -0.119. The lowest BCUT2D eigenvalue weighted by molar-refractivity contribution is 0.0233. The Balaban J connectivity index is 1.63. The fraction of sp³-hybridized carbons (Fsp3) is 0.552. The number of pyridine rings is 1. The number of amides is 2.